The van der Waals surface area contributed by atoms with Crippen LogP contribution < -0.4 is 15.5 Å². The highest BCUT2D eigenvalue weighted by atomic mass is 32.1. The first-order chi connectivity index (χ1) is 13.0. The predicted molar refractivity (Wildman–Crippen MR) is 106 cm³/mol. The highest BCUT2D eigenvalue weighted by Gasteiger charge is 2.10. The van der Waals surface area contributed by atoms with Crippen molar-refractivity contribution >= 4 is 34.3 Å². The van der Waals surface area contributed by atoms with Crippen LogP contribution in [0, 0.1) is 5.82 Å². The number of ether oxygens (including phenoxy) is 1. The van der Waals surface area contributed by atoms with Gasteiger partial charge in [-0.25, -0.2) is 9.37 Å². The molecule has 6 nitrogen and oxygen atoms in total. The van der Waals surface area contributed by atoms with Crippen molar-refractivity contribution in [2.75, 3.05) is 17.9 Å². The van der Waals surface area contributed by atoms with Crippen molar-refractivity contribution in [3.63, 3.8) is 0 Å². The lowest BCUT2D eigenvalue weighted by atomic mass is 10.1. The molecule has 2 aromatic carbocycles. The Morgan fingerprint density at radius 1 is 1.26 bits per heavy atom. The first kappa shape index (κ1) is 18.5. The standard InChI is InChI=1S/C19H17FN4O2S/c1-12(25)22-14-5-8-16(17(20)9-14)18-11-27-19(23-18)24-21-10-13-3-6-15(26-2)7-4-13/h3-11H,1-2H3,(H,22,25)(H,23,24)/b21-10-. The van der Waals surface area contributed by atoms with Gasteiger partial charge in [-0.1, -0.05) is 0 Å². The van der Waals surface area contributed by atoms with E-state index in [1.54, 1.807) is 30.8 Å². The van der Waals surface area contributed by atoms with Gasteiger partial charge in [0.15, 0.2) is 0 Å². The zero-order valence-electron chi connectivity index (χ0n) is 14.7. The van der Waals surface area contributed by atoms with E-state index in [0.29, 0.717) is 22.1 Å². The number of aromatic nitrogens is 1. The summed E-state index contributed by atoms with van der Waals surface area (Å²) in [6, 6.07) is 11.9. The molecule has 1 amide bonds. The minimum absolute atomic E-state index is 0.253. The van der Waals surface area contributed by atoms with Gasteiger partial charge in [-0.3, -0.25) is 10.2 Å². The van der Waals surface area contributed by atoms with Crippen LogP contribution in [-0.4, -0.2) is 24.2 Å². The Balaban J connectivity index is 1.67. The van der Waals surface area contributed by atoms with Crippen LogP contribution in [0.4, 0.5) is 15.2 Å². The van der Waals surface area contributed by atoms with Gasteiger partial charge in [0, 0.05) is 23.6 Å². The highest BCUT2D eigenvalue weighted by Crippen LogP contribution is 2.28. The molecule has 2 N–H and O–H groups in total. The van der Waals surface area contributed by atoms with Crippen LogP contribution in [0.1, 0.15) is 12.5 Å². The van der Waals surface area contributed by atoms with E-state index >= 15 is 0 Å². The third-order valence-electron chi connectivity index (χ3n) is 3.56. The van der Waals surface area contributed by atoms with Gasteiger partial charge in [0.05, 0.1) is 19.0 Å². The van der Waals surface area contributed by atoms with Crippen molar-refractivity contribution in [3.05, 3.63) is 59.2 Å². The van der Waals surface area contributed by atoms with Crippen molar-refractivity contribution in [1.82, 2.24) is 4.98 Å². The van der Waals surface area contributed by atoms with Gasteiger partial charge in [0.1, 0.15) is 11.6 Å². The maximum Gasteiger partial charge on any atom is 0.221 e. The molecule has 0 aliphatic rings. The largest absolute Gasteiger partial charge is 0.497 e. The molecule has 0 spiro atoms. The second kappa shape index (κ2) is 8.41. The monoisotopic (exact) mass is 384 g/mol. The minimum Gasteiger partial charge on any atom is -0.497 e. The molecule has 3 rings (SSSR count). The normalized spacial score (nSPS) is 10.8. The summed E-state index contributed by atoms with van der Waals surface area (Å²) in [6.45, 7) is 1.37. The fourth-order valence-electron chi connectivity index (χ4n) is 2.30. The van der Waals surface area contributed by atoms with Crippen LogP contribution in [0.25, 0.3) is 11.3 Å². The number of anilines is 2. The fraction of sp³-hybridized carbons (Fsp3) is 0.105. The van der Waals surface area contributed by atoms with Gasteiger partial charge in [0.25, 0.3) is 0 Å². The zero-order valence-corrected chi connectivity index (χ0v) is 15.5. The van der Waals surface area contributed by atoms with Gasteiger partial charge in [-0.05, 0) is 48.0 Å². The zero-order chi connectivity index (χ0) is 19.2. The molecule has 0 saturated carbocycles. The predicted octanol–water partition coefficient (Wildman–Crippen LogP) is 4.36. The topological polar surface area (TPSA) is 75.6 Å². The van der Waals surface area contributed by atoms with Crippen LogP contribution >= 0.6 is 11.3 Å². The Kier molecular flexibility index (Phi) is 5.77. The first-order valence-electron chi connectivity index (χ1n) is 8.01. The number of nitrogens with zero attached hydrogens (tertiary/aromatic N) is 2. The van der Waals surface area contributed by atoms with Crippen LogP contribution in [0.2, 0.25) is 0 Å². The number of benzene rings is 2. The van der Waals surface area contributed by atoms with Crippen molar-refractivity contribution < 1.29 is 13.9 Å². The molecule has 0 unspecified atom stereocenters. The molecule has 0 radical (unpaired) electrons. The van der Waals surface area contributed by atoms with Crippen LogP contribution in [0.3, 0.4) is 0 Å². The van der Waals surface area contributed by atoms with Crippen molar-refractivity contribution in [2.24, 2.45) is 5.10 Å². The molecule has 1 heterocycles. The summed E-state index contributed by atoms with van der Waals surface area (Å²) in [5, 5.41) is 8.96. The van der Waals surface area contributed by atoms with E-state index in [-0.39, 0.29) is 5.91 Å². The summed E-state index contributed by atoms with van der Waals surface area (Å²) in [7, 11) is 1.61. The maximum atomic E-state index is 14.3. The van der Waals surface area contributed by atoms with Gasteiger partial charge in [-0.2, -0.15) is 5.10 Å². The Bertz CT molecular complexity index is 970. The molecule has 1 aromatic heterocycles. The molecule has 0 atom stereocenters. The van der Waals surface area contributed by atoms with E-state index in [1.165, 1.54) is 24.3 Å². The molecule has 138 valence electrons. The third-order valence-corrected chi connectivity index (χ3v) is 4.31. The second-order valence-corrected chi connectivity index (χ2v) is 6.41. The maximum absolute atomic E-state index is 14.3. The van der Waals surface area contributed by atoms with E-state index in [1.807, 2.05) is 24.3 Å². The molecule has 0 aliphatic heterocycles. The van der Waals surface area contributed by atoms with Crippen LogP contribution in [0.15, 0.2) is 52.9 Å². The van der Waals surface area contributed by atoms with Crippen molar-refractivity contribution in [3.8, 4) is 17.0 Å². The van der Waals surface area contributed by atoms with Crippen LogP contribution in [0.5, 0.6) is 5.75 Å². The van der Waals surface area contributed by atoms with Gasteiger partial charge in [-0.15, -0.1) is 11.3 Å². The summed E-state index contributed by atoms with van der Waals surface area (Å²) >= 11 is 1.32. The minimum atomic E-state index is -0.458. The second-order valence-electron chi connectivity index (χ2n) is 5.56. The molecule has 27 heavy (non-hydrogen) atoms. The Labute approximate surface area is 159 Å². The van der Waals surface area contributed by atoms with E-state index in [0.717, 1.165) is 11.3 Å². The van der Waals surface area contributed by atoms with E-state index in [9.17, 15) is 9.18 Å². The number of thiazole rings is 1. The highest BCUT2D eigenvalue weighted by molar-refractivity contribution is 7.14. The summed E-state index contributed by atoms with van der Waals surface area (Å²) in [4.78, 5) is 15.4. The fourth-order valence-corrected chi connectivity index (χ4v) is 2.96. The molecular weight excluding hydrogens is 367 g/mol. The lowest BCUT2D eigenvalue weighted by molar-refractivity contribution is -0.114. The lowest BCUT2D eigenvalue weighted by Crippen LogP contribution is -2.05. The van der Waals surface area contributed by atoms with Gasteiger partial charge >= 0.3 is 0 Å². The summed E-state index contributed by atoms with van der Waals surface area (Å²) < 4.78 is 19.4. The summed E-state index contributed by atoms with van der Waals surface area (Å²) in [5.41, 5.74) is 4.99. The number of halogens is 1. The smallest absolute Gasteiger partial charge is 0.221 e. The average Bonchev–Trinajstić information content (AvgIpc) is 3.10. The Morgan fingerprint density at radius 2 is 2.04 bits per heavy atom. The Morgan fingerprint density at radius 3 is 2.70 bits per heavy atom. The molecule has 8 heteroatoms. The quantitative estimate of drug-likeness (QED) is 0.489. The number of carbonyl (C=O) groups excluding carboxylic acids is 1. The number of amides is 1. The number of hydrogen-bond donors (Lipinski definition) is 2. The summed E-state index contributed by atoms with van der Waals surface area (Å²) in [6.07, 6.45) is 1.66. The molecular formula is C19H17FN4O2S. The van der Waals surface area contributed by atoms with E-state index in [4.69, 9.17) is 4.74 Å². The molecule has 3 aromatic rings. The molecule has 0 fully saturated rings. The van der Waals surface area contributed by atoms with Gasteiger partial charge in [0.2, 0.25) is 11.0 Å². The number of hydrogen-bond acceptors (Lipinski definition) is 6. The molecule has 0 saturated heterocycles. The van der Waals surface area contributed by atoms with E-state index < -0.39 is 5.82 Å². The lowest BCUT2D eigenvalue weighted by Gasteiger charge is -2.04. The Hall–Kier alpha value is -3.26. The number of hydrazone groups is 1. The van der Waals surface area contributed by atoms with Crippen molar-refractivity contribution in [2.45, 2.75) is 6.92 Å². The average molecular weight is 384 g/mol. The third kappa shape index (κ3) is 4.89. The van der Waals surface area contributed by atoms with Crippen LogP contribution in [-0.2, 0) is 4.79 Å². The number of carbonyl (C=O) groups is 1. The summed E-state index contributed by atoms with van der Waals surface area (Å²) in [5.74, 6) is 0.0630. The van der Waals surface area contributed by atoms with E-state index in [2.05, 4.69) is 20.8 Å². The number of rotatable bonds is 6. The number of nitrogens with one attached hydrogen (secondary N) is 2. The first-order valence-corrected chi connectivity index (χ1v) is 8.89. The molecule has 0 bridgehead atoms. The van der Waals surface area contributed by atoms with Crippen molar-refractivity contribution in [1.29, 1.82) is 0 Å². The molecule has 0 aliphatic carbocycles. The van der Waals surface area contributed by atoms with Gasteiger partial charge < -0.3 is 10.1 Å². The number of methoxy groups -OCH3 is 1. The SMILES string of the molecule is COc1ccc(/C=N\Nc2nc(-c3ccc(NC(C)=O)cc3F)cs2)cc1.